The fourth-order valence-corrected chi connectivity index (χ4v) is 1.33. The van der Waals surface area contributed by atoms with Crippen LogP contribution in [0.25, 0.3) is 0 Å². The molecule has 0 aliphatic carbocycles. The van der Waals surface area contributed by atoms with E-state index in [1.807, 2.05) is 0 Å². The van der Waals surface area contributed by atoms with E-state index in [4.69, 9.17) is 4.62 Å². The van der Waals surface area contributed by atoms with Crippen LogP contribution >= 0.6 is 8.69 Å². The third kappa shape index (κ3) is 4.09. The van der Waals surface area contributed by atoms with Crippen molar-refractivity contribution >= 4 is 8.69 Å². The maximum Gasteiger partial charge on any atom is 0.346 e. The van der Waals surface area contributed by atoms with Crippen molar-refractivity contribution in [3.63, 3.8) is 0 Å². The first-order valence-corrected chi connectivity index (χ1v) is 4.82. The Kier molecular flexibility index (Phi) is 5.39. The van der Waals surface area contributed by atoms with Gasteiger partial charge in [0.05, 0.1) is 0 Å². The SMILES string of the molecule is O=PON1CCNCCNCC1. The molecule has 0 unspecified atom stereocenters. The minimum absolute atomic E-state index is 0.274. The van der Waals surface area contributed by atoms with Crippen LogP contribution in [0.4, 0.5) is 0 Å². The molecular weight excluding hydrogens is 177 g/mol. The first-order valence-electron chi connectivity index (χ1n) is 4.09. The highest BCUT2D eigenvalue weighted by atomic mass is 31.1. The average Bonchev–Trinajstić information content (AvgIpc) is 2.19. The lowest BCUT2D eigenvalue weighted by Crippen LogP contribution is -2.31. The number of nitrogens with zero attached hydrogens (tertiary/aromatic N) is 1. The summed E-state index contributed by atoms with van der Waals surface area (Å²) in [4.78, 5) is 0. The maximum absolute atomic E-state index is 10.1. The van der Waals surface area contributed by atoms with E-state index in [9.17, 15) is 4.57 Å². The van der Waals surface area contributed by atoms with E-state index in [1.54, 1.807) is 5.06 Å². The van der Waals surface area contributed by atoms with E-state index < -0.39 is 0 Å². The second-order valence-corrected chi connectivity index (χ2v) is 2.90. The van der Waals surface area contributed by atoms with Gasteiger partial charge in [-0.15, -0.1) is 0 Å². The van der Waals surface area contributed by atoms with Gasteiger partial charge >= 0.3 is 8.69 Å². The molecule has 0 bridgehead atoms. The summed E-state index contributed by atoms with van der Waals surface area (Å²) in [6.45, 7) is 5.24. The summed E-state index contributed by atoms with van der Waals surface area (Å²) in [5.41, 5.74) is 0. The van der Waals surface area contributed by atoms with Gasteiger partial charge in [-0.1, -0.05) is 0 Å². The predicted molar refractivity (Wildman–Crippen MR) is 46.0 cm³/mol. The summed E-state index contributed by atoms with van der Waals surface area (Å²) in [5.74, 6) is 0. The molecule has 1 aliphatic rings. The molecule has 0 radical (unpaired) electrons. The van der Waals surface area contributed by atoms with Crippen LogP contribution < -0.4 is 10.6 Å². The van der Waals surface area contributed by atoms with Crippen LogP contribution in [0.15, 0.2) is 0 Å². The molecule has 2 N–H and O–H groups in total. The largest absolute Gasteiger partial charge is 0.346 e. The fourth-order valence-electron chi connectivity index (χ4n) is 1.07. The zero-order chi connectivity index (χ0) is 8.65. The van der Waals surface area contributed by atoms with Crippen molar-refractivity contribution in [3.8, 4) is 0 Å². The molecule has 70 valence electrons. The normalized spacial score (nSPS) is 23.0. The molecule has 0 aromatic carbocycles. The summed E-state index contributed by atoms with van der Waals surface area (Å²) in [5, 5.41) is 8.15. The Hall–Kier alpha value is -0.0600. The summed E-state index contributed by atoms with van der Waals surface area (Å²) in [6.07, 6.45) is 0. The molecule has 1 rings (SSSR count). The average molecular weight is 191 g/mol. The summed E-state index contributed by atoms with van der Waals surface area (Å²) >= 11 is 0. The maximum atomic E-state index is 10.1. The van der Waals surface area contributed by atoms with E-state index in [2.05, 4.69) is 10.6 Å². The molecule has 0 saturated carbocycles. The van der Waals surface area contributed by atoms with E-state index >= 15 is 0 Å². The van der Waals surface area contributed by atoms with Gasteiger partial charge in [0, 0.05) is 39.3 Å². The molecular formula is C6H14N3O2P. The van der Waals surface area contributed by atoms with E-state index in [-0.39, 0.29) is 8.69 Å². The number of hydrogen-bond donors (Lipinski definition) is 2. The van der Waals surface area contributed by atoms with Crippen molar-refractivity contribution < 1.29 is 9.19 Å². The van der Waals surface area contributed by atoms with Gasteiger partial charge in [0.1, 0.15) is 0 Å². The number of rotatable bonds is 2. The molecule has 0 aromatic rings. The Bertz CT molecular complexity index is 126. The van der Waals surface area contributed by atoms with E-state index in [0.717, 1.165) is 39.3 Å². The van der Waals surface area contributed by atoms with Gasteiger partial charge < -0.3 is 10.6 Å². The Morgan fingerprint density at radius 2 is 1.67 bits per heavy atom. The minimum Gasteiger partial charge on any atom is -0.314 e. The van der Waals surface area contributed by atoms with E-state index in [1.165, 1.54) is 0 Å². The highest BCUT2D eigenvalue weighted by Crippen LogP contribution is 2.00. The Morgan fingerprint density at radius 3 is 2.17 bits per heavy atom. The van der Waals surface area contributed by atoms with Crippen LogP contribution in [0, 0.1) is 0 Å². The lowest BCUT2D eigenvalue weighted by atomic mass is 10.5. The standard InChI is InChI=1S/C6H14N3O2P/c10-12-11-9-5-3-7-1-2-8-4-6-9/h7-8H,1-6H2. The van der Waals surface area contributed by atoms with Crippen molar-refractivity contribution in [3.05, 3.63) is 0 Å². The first kappa shape index (κ1) is 10.0. The van der Waals surface area contributed by atoms with Crippen LogP contribution in [0.1, 0.15) is 0 Å². The van der Waals surface area contributed by atoms with Crippen molar-refractivity contribution in [1.29, 1.82) is 0 Å². The number of nitrogens with one attached hydrogen (secondary N) is 2. The van der Waals surface area contributed by atoms with Crippen molar-refractivity contribution in [2.45, 2.75) is 0 Å². The summed E-state index contributed by atoms with van der Waals surface area (Å²) < 4.78 is 15.0. The lowest BCUT2D eigenvalue weighted by molar-refractivity contribution is -0.0415. The molecule has 6 heteroatoms. The van der Waals surface area contributed by atoms with Gasteiger partial charge in [-0.3, -0.25) is 0 Å². The van der Waals surface area contributed by atoms with Gasteiger partial charge in [0.15, 0.2) is 0 Å². The molecule has 5 nitrogen and oxygen atoms in total. The third-order valence-electron chi connectivity index (χ3n) is 1.70. The monoisotopic (exact) mass is 191 g/mol. The number of hydrogen-bond acceptors (Lipinski definition) is 5. The van der Waals surface area contributed by atoms with Crippen molar-refractivity contribution in [2.24, 2.45) is 0 Å². The molecule has 1 heterocycles. The van der Waals surface area contributed by atoms with Crippen LogP contribution in [-0.2, 0) is 9.19 Å². The van der Waals surface area contributed by atoms with Crippen molar-refractivity contribution in [2.75, 3.05) is 39.3 Å². The van der Waals surface area contributed by atoms with Gasteiger partial charge in [-0.05, 0) is 0 Å². The van der Waals surface area contributed by atoms with Gasteiger partial charge in [-0.25, -0.2) is 9.19 Å². The first-order chi connectivity index (χ1) is 5.93. The van der Waals surface area contributed by atoms with Crippen LogP contribution in [0.3, 0.4) is 0 Å². The molecule has 1 aliphatic heterocycles. The lowest BCUT2D eigenvalue weighted by Gasteiger charge is -2.15. The second-order valence-electron chi connectivity index (χ2n) is 2.59. The third-order valence-corrected chi connectivity index (χ3v) is 2.00. The van der Waals surface area contributed by atoms with Gasteiger partial charge in [-0.2, -0.15) is 5.06 Å². The zero-order valence-electron chi connectivity index (χ0n) is 6.95. The highest BCUT2D eigenvalue weighted by Gasteiger charge is 2.06. The fraction of sp³-hybridized carbons (Fsp3) is 1.00. The molecule has 0 atom stereocenters. The van der Waals surface area contributed by atoms with Crippen LogP contribution in [-0.4, -0.2) is 44.3 Å². The molecule has 12 heavy (non-hydrogen) atoms. The Balaban J connectivity index is 2.23. The second kappa shape index (κ2) is 6.46. The van der Waals surface area contributed by atoms with Gasteiger partial charge in [0.2, 0.25) is 0 Å². The molecule has 1 fully saturated rings. The molecule has 0 amide bonds. The molecule has 0 aromatic heterocycles. The highest BCUT2D eigenvalue weighted by molar-refractivity contribution is 7.17. The van der Waals surface area contributed by atoms with Crippen LogP contribution in [0.2, 0.25) is 0 Å². The Morgan fingerprint density at radius 1 is 1.08 bits per heavy atom. The smallest absolute Gasteiger partial charge is 0.314 e. The minimum atomic E-state index is -0.274. The Labute approximate surface area is 73.7 Å². The zero-order valence-corrected chi connectivity index (χ0v) is 7.85. The topological polar surface area (TPSA) is 53.6 Å². The number of hydroxylamine groups is 2. The van der Waals surface area contributed by atoms with Crippen molar-refractivity contribution in [1.82, 2.24) is 15.7 Å². The predicted octanol–water partition coefficient (Wildman–Crippen LogP) is -0.381. The summed E-state index contributed by atoms with van der Waals surface area (Å²) in [6, 6.07) is 0. The summed E-state index contributed by atoms with van der Waals surface area (Å²) in [7, 11) is -0.274. The van der Waals surface area contributed by atoms with Crippen LogP contribution in [0.5, 0.6) is 0 Å². The molecule has 1 saturated heterocycles. The van der Waals surface area contributed by atoms with E-state index in [0.29, 0.717) is 0 Å². The quantitative estimate of drug-likeness (QED) is 0.583. The molecule has 0 spiro atoms. The van der Waals surface area contributed by atoms with Gasteiger partial charge in [0.25, 0.3) is 0 Å².